The van der Waals surface area contributed by atoms with Gasteiger partial charge in [-0.3, -0.25) is 9.13 Å². The zero-order chi connectivity index (χ0) is 51.0. The minimum absolute atomic E-state index is 0.0532. The largest absolute Gasteiger partial charge is 0.463 e. The van der Waals surface area contributed by atoms with E-state index in [2.05, 4.69) is 92.2 Å². The summed E-state index contributed by atoms with van der Waals surface area (Å²) in [5.74, 6) is 0.363. The lowest BCUT2D eigenvalue weighted by Crippen LogP contribution is -2.52. The molecule has 8 atom stereocenters. The maximum Gasteiger partial charge on any atom is 0.320 e. The molecule has 4 aromatic heterocycles. The van der Waals surface area contributed by atoms with Crippen LogP contribution in [0.15, 0.2) is 36.9 Å². The Balaban J connectivity index is 0.000000242. The van der Waals surface area contributed by atoms with Gasteiger partial charge < -0.3 is 54.3 Å². The fraction of sp³-hybridized carbons (Fsp3) is 0.652. The molecule has 19 nitrogen and oxygen atoms in total. The average Bonchev–Trinajstić information content (AvgIpc) is 4.15. The van der Waals surface area contributed by atoms with Crippen LogP contribution < -0.4 is 16.2 Å². The van der Waals surface area contributed by atoms with Crippen LogP contribution in [0.2, 0.25) is 64.7 Å². The zero-order valence-electron chi connectivity index (χ0n) is 42.1. The second-order valence-corrected chi connectivity index (χ2v) is 33.1. The van der Waals surface area contributed by atoms with Crippen LogP contribution in [0.1, 0.15) is 80.3 Å². The van der Waals surface area contributed by atoms with E-state index in [0.29, 0.717) is 41.3 Å². The molecule has 0 bridgehead atoms. The van der Waals surface area contributed by atoms with Gasteiger partial charge in [0.2, 0.25) is 5.28 Å². The van der Waals surface area contributed by atoms with Crippen molar-refractivity contribution in [2.24, 2.45) is 0 Å². The van der Waals surface area contributed by atoms with Gasteiger partial charge in [0, 0.05) is 11.4 Å². The van der Waals surface area contributed by atoms with Gasteiger partial charge >= 0.3 is 6.01 Å². The first kappa shape index (κ1) is 55.9. The Hall–Kier alpha value is -3.37. The van der Waals surface area contributed by atoms with E-state index in [4.69, 9.17) is 62.2 Å². The predicted molar refractivity (Wildman–Crippen MR) is 279 cm³/mol. The lowest BCUT2D eigenvalue weighted by atomic mass is 10.1. The lowest BCUT2D eigenvalue weighted by Gasteiger charge is -2.40. The number of rotatable bonds is 23. The van der Waals surface area contributed by atoms with Crippen molar-refractivity contribution in [3.63, 3.8) is 0 Å². The number of benzene rings is 1. The molecule has 7 rings (SSSR count). The second-order valence-electron chi connectivity index (χ2n) is 18.1. The van der Waals surface area contributed by atoms with E-state index in [1.807, 2.05) is 16.7 Å². The number of nitrogens with two attached hydrogens (primary N) is 2. The molecule has 1 aromatic carbocycles. The van der Waals surface area contributed by atoms with Crippen molar-refractivity contribution in [2.45, 2.75) is 172 Å². The van der Waals surface area contributed by atoms with E-state index < -0.39 is 62.3 Å². The van der Waals surface area contributed by atoms with Crippen molar-refractivity contribution < 1.29 is 42.8 Å². The molecule has 0 aliphatic carbocycles. The third kappa shape index (κ3) is 12.0. The number of hydrogen-bond donors (Lipinski definition) is 5. The van der Waals surface area contributed by atoms with Gasteiger partial charge in [-0.1, -0.05) is 86.0 Å². The highest BCUT2D eigenvalue weighted by molar-refractivity contribution is 6.74. The van der Waals surface area contributed by atoms with Gasteiger partial charge in [-0.15, -0.1) is 0 Å². The molecule has 0 amide bonds. The van der Waals surface area contributed by atoms with Crippen molar-refractivity contribution in [3.05, 3.63) is 52.8 Å². The molecule has 5 aromatic rings. The fourth-order valence-electron chi connectivity index (χ4n) is 9.51. The molecule has 24 heteroatoms. The maximum absolute atomic E-state index is 10.3. The minimum Gasteiger partial charge on any atom is -0.463 e. The molecule has 0 saturated carbocycles. The first-order valence-corrected chi connectivity index (χ1v) is 33.2. The third-order valence-corrected chi connectivity index (χ3v) is 29.2. The molecule has 0 spiro atoms. The monoisotopic (exact) mass is 1060 g/mol. The number of aliphatic hydroxyl groups excluding tert-OH is 3. The number of nitrogens with zero attached hydrogens (tertiary/aromatic N) is 8. The van der Waals surface area contributed by atoms with Crippen LogP contribution in [0, 0.1) is 0 Å². The van der Waals surface area contributed by atoms with Gasteiger partial charge in [0.25, 0.3) is 0 Å². The Morgan fingerprint density at radius 1 is 0.629 bits per heavy atom. The Morgan fingerprint density at radius 2 is 1.13 bits per heavy atom. The number of hydrogen-bond acceptors (Lipinski definition) is 17. The SMILES string of the molecule is CC[Si](CC)(CC)OC[C@H]1O[C@@H](n2cnc3c(N)nc(Cl)nc32)[C@H](O[Si](CC)(CC)CC)[C@@H]1O[Si](CC)(CC)CC.Nc1nc(OCCc2ccc(Cl)cc2)nc2c1ncn2[C@@H]1O[C@H](CO)[C@@H](O)[C@H]1O. The van der Waals surface area contributed by atoms with E-state index in [-0.39, 0.29) is 46.9 Å². The number of imidazole rings is 2. The van der Waals surface area contributed by atoms with Crippen molar-refractivity contribution in [1.82, 2.24) is 39.0 Å². The normalized spacial score (nSPS) is 23.1. The predicted octanol–water partition coefficient (Wildman–Crippen LogP) is 8.06. The minimum atomic E-state index is -2.08. The van der Waals surface area contributed by atoms with E-state index in [9.17, 15) is 15.3 Å². The van der Waals surface area contributed by atoms with Gasteiger partial charge in [0.05, 0.1) is 32.5 Å². The van der Waals surface area contributed by atoms with Gasteiger partial charge in [-0.25, -0.2) is 9.97 Å². The Morgan fingerprint density at radius 3 is 1.66 bits per heavy atom. The Bertz CT molecular complexity index is 2420. The van der Waals surface area contributed by atoms with E-state index in [1.54, 1.807) is 18.5 Å². The van der Waals surface area contributed by atoms with Crippen LogP contribution in [0.4, 0.5) is 11.6 Å². The highest BCUT2D eigenvalue weighted by atomic mass is 35.5. The summed E-state index contributed by atoms with van der Waals surface area (Å²) in [5, 5.41) is 30.3. The number of ether oxygens (including phenoxy) is 3. The number of anilines is 2. The van der Waals surface area contributed by atoms with Crippen molar-refractivity contribution in [3.8, 4) is 6.01 Å². The first-order valence-electron chi connectivity index (χ1n) is 24.9. The topological polar surface area (TPSA) is 255 Å². The molecule has 70 heavy (non-hydrogen) atoms. The summed E-state index contributed by atoms with van der Waals surface area (Å²) < 4.78 is 43.1. The molecular weight excluding hydrogens is 992 g/mol. The number of fused-ring (bicyclic) bond motifs is 2. The molecule has 2 aliphatic rings. The van der Waals surface area contributed by atoms with E-state index in [1.165, 1.54) is 10.9 Å². The van der Waals surface area contributed by atoms with Crippen LogP contribution in [0.5, 0.6) is 6.01 Å². The first-order chi connectivity index (χ1) is 33.6. The highest BCUT2D eigenvalue weighted by Gasteiger charge is 2.53. The van der Waals surface area contributed by atoms with Crippen LogP contribution in [-0.4, -0.2) is 136 Å². The van der Waals surface area contributed by atoms with Crippen molar-refractivity contribution >= 4 is 82.1 Å². The molecule has 6 heterocycles. The lowest BCUT2D eigenvalue weighted by molar-refractivity contribution is -0.0511. The summed E-state index contributed by atoms with van der Waals surface area (Å²) in [6, 6.07) is 16.9. The van der Waals surface area contributed by atoms with Crippen LogP contribution >= 0.6 is 23.2 Å². The molecule has 0 unspecified atom stereocenters. The third-order valence-electron chi connectivity index (χ3n) is 14.9. The second kappa shape index (κ2) is 24.6. The van der Waals surface area contributed by atoms with Gasteiger partial charge in [-0.2, -0.15) is 19.9 Å². The van der Waals surface area contributed by atoms with Crippen LogP contribution in [0.3, 0.4) is 0 Å². The van der Waals surface area contributed by atoms with Crippen LogP contribution in [-0.2, 0) is 29.2 Å². The summed E-state index contributed by atoms with van der Waals surface area (Å²) in [7, 11) is -5.98. The fourth-order valence-corrected chi connectivity index (χ4v) is 18.1. The molecule has 388 valence electrons. The smallest absolute Gasteiger partial charge is 0.320 e. The number of aromatic nitrogens is 8. The van der Waals surface area contributed by atoms with E-state index >= 15 is 0 Å². The summed E-state index contributed by atoms with van der Waals surface area (Å²) in [6.07, 6.45) is -2.04. The molecule has 2 aliphatic heterocycles. The summed E-state index contributed by atoms with van der Waals surface area (Å²) in [6.45, 7) is 20.7. The Labute approximate surface area is 424 Å². The van der Waals surface area contributed by atoms with Gasteiger partial charge in [0.15, 0.2) is 65.9 Å². The summed E-state index contributed by atoms with van der Waals surface area (Å²) in [5.41, 5.74) is 14.9. The standard InChI is InChI=1S/C28H54ClN5O4Si3.C18H20ClN5O5/c1-10-39(11-2,12-3)35-19-21-23(37-40(13-4,14-5)15-6)24(38-41(16-7,17-8)18-9)27(36-21)34-20-31-22-25(30)32-28(29)33-26(22)34;19-10-3-1-9(2-4-10)5-6-28-18-22-15(20)12-16(23-18)24(8-21-12)17-14(27)13(26)11(7-25)29-17/h20-21,23-24,27H,10-19H2,1-9H3,(H2,30,32,33);1-4,8,11,13-14,17,25-27H,5-7H2,(H2,20,22,23)/t21-,23-,24-,27-;11-,13-,14-,17-/m11/s1. The maximum atomic E-state index is 10.3. The molecular formula is C46H74Cl2N10O9Si3. The zero-order valence-corrected chi connectivity index (χ0v) is 46.6. The number of halogens is 2. The van der Waals surface area contributed by atoms with E-state index in [0.717, 1.165) is 60.0 Å². The average molecular weight is 1070 g/mol. The molecule has 2 saturated heterocycles. The highest BCUT2D eigenvalue weighted by Crippen LogP contribution is 2.42. The Kier molecular flexibility index (Phi) is 19.6. The molecule has 7 N–H and O–H groups in total. The number of nitrogen functional groups attached to an aromatic ring is 2. The van der Waals surface area contributed by atoms with Crippen molar-refractivity contribution in [1.29, 1.82) is 0 Å². The summed E-state index contributed by atoms with van der Waals surface area (Å²) >= 11 is 12.2. The van der Waals surface area contributed by atoms with Gasteiger partial charge in [0.1, 0.15) is 42.1 Å². The molecule has 0 radical (unpaired) electrons. The van der Waals surface area contributed by atoms with Crippen molar-refractivity contribution in [2.75, 3.05) is 31.3 Å². The number of aliphatic hydroxyl groups is 3. The summed E-state index contributed by atoms with van der Waals surface area (Å²) in [4.78, 5) is 25.8. The molecule has 2 fully saturated rings. The van der Waals surface area contributed by atoms with Crippen LogP contribution in [0.25, 0.3) is 22.3 Å². The quantitative estimate of drug-likeness (QED) is 0.0306. The van der Waals surface area contributed by atoms with Gasteiger partial charge in [-0.05, 0) is 83.7 Å².